The standard InChI is InChI=1S/C22H22N2O4S/c1-14-6-5-7-20(15(14)2)24(16(3)25)22-23-18(13-29-22)12-28-19-10-8-17(9-11-19)21(26)27-4/h5-11,13H,12H2,1-4H3. The molecule has 1 aromatic heterocycles. The predicted octanol–water partition coefficient (Wildman–Crippen LogP) is 4.81. The lowest BCUT2D eigenvalue weighted by atomic mass is 10.1. The molecule has 2 aromatic carbocycles. The number of ether oxygens (including phenoxy) is 2. The van der Waals surface area contributed by atoms with Gasteiger partial charge in [-0.15, -0.1) is 11.3 Å². The number of hydrogen-bond donors (Lipinski definition) is 0. The number of anilines is 2. The number of thiazole rings is 1. The Kier molecular flexibility index (Phi) is 6.29. The number of benzene rings is 2. The number of amides is 1. The highest BCUT2D eigenvalue weighted by Gasteiger charge is 2.20. The number of nitrogens with zero attached hydrogens (tertiary/aromatic N) is 2. The van der Waals surface area contributed by atoms with Gasteiger partial charge in [0.15, 0.2) is 5.13 Å². The molecule has 3 rings (SSSR count). The molecule has 0 aliphatic heterocycles. The van der Waals surface area contributed by atoms with Crippen LogP contribution in [0, 0.1) is 13.8 Å². The van der Waals surface area contributed by atoms with Crippen molar-refractivity contribution in [3.63, 3.8) is 0 Å². The van der Waals surface area contributed by atoms with Crippen molar-refractivity contribution in [2.75, 3.05) is 12.0 Å². The molecule has 7 heteroatoms. The minimum absolute atomic E-state index is 0.0982. The summed E-state index contributed by atoms with van der Waals surface area (Å²) in [6.07, 6.45) is 0. The molecule has 0 aliphatic rings. The molecule has 0 bridgehead atoms. The highest BCUT2D eigenvalue weighted by Crippen LogP contribution is 2.32. The first kappa shape index (κ1) is 20.5. The summed E-state index contributed by atoms with van der Waals surface area (Å²) < 4.78 is 10.4. The monoisotopic (exact) mass is 410 g/mol. The largest absolute Gasteiger partial charge is 0.487 e. The SMILES string of the molecule is COC(=O)c1ccc(OCc2csc(N(C(C)=O)c3cccc(C)c3C)n2)cc1. The Hall–Kier alpha value is -3.19. The molecule has 150 valence electrons. The smallest absolute Gasteiger partial charge is 0.337 e. The van der Waals surface area contributed by atoms with Crippen molar-refractivity contribution in [2.45, 2.75) is 27.4 Å². The van der Waals surface area contributed by atoms with E-state index in [4.69, 9.17) is 4.74 Å². The Morgan fingerprint density at radius 3 is 2.48 bits per heavy atom. The van der Waals surface area contributed by atoms with E-state index in [2.05, 4.69) is 9.72 Å². The fourth-order valence-corrected chi connectivity index (χ4v) is 3.68. The number of hydrogen-bond acceptors (Lipinski definition) is 6. The highest BCUT2D eigenvalue weighted by atomic mass is 32.1. The number of rotatable bonds is 6. The van der Waals surface area contributed by atoms with Gasteiger partial charge in [0.1, 0.15) is 12.4 Å². The normalized spacial score (nSPS) is 10.5. The molecule has 0 unspecified atom stereocenters. The predicted molar refractivity (Wildman–Crippen MR) is 113 cm³/mol. The maximum atomic E-state index is 12.3. The van der Waals surface area contributed by atoms with Crippen molar-refractivity contribution in [1.29, 1.82) is 0 Å². The Morgan fingerprint density at radius 1 is 1.10 bits per heavy atom. The molecular weight excluding hydrogens is 388 g/mol. The number of carbonyl (C=O) groups excluding carboxylic acids is 2. The lowest BCUT2D eigenvalue weighted by Crippen LogP contribution is -2.23. The first-order valence-electron chi connectivity index (χ1n) is 9.03. The molecule has 29 heavy (non-hydrogen) atoms. The van der Waals surface area contributed by atoms with E-state index in [1.54, 1.807) is 29.2 Å². The van der Waals surface area contributed by atoms with Crippen LogP contribution in [0.25, 0.3) is 0 Å². The van der Waals surface area contributed by atoms with Gasteiger partial charge in [0.25, 0.3) is 0 Å². The summed E-state index contributed by atoms with van der Waals surface area (Å²) in [4.78, 5) is 30.0. The van der Waals surface area contributed by atoms with Gasteiger partial charge >= 0.3 is 5.97 Å². The first-order chi connectivity index (χ1) is 13.9. The number of aryl methyl sites for hydroxylation is 1. The maximum Gasteiger partial charge on any atom is 0.337 e. The summed E-state index contributed by atoms with van der Waals surface area (Å²) in [5.74, 6) is 0.125. The topological polar surface area (TPSA) is 68.7 Å². The van der Waals surface area contributed by atoms with Gasteiger partial charge in [0, 0.05) is 12.3 Å². The second-order valence-electron chi connectivity index (χ2n) is 6.50. The molecule has 0 saturated heterocycles. The van der Waals surface area contributed by atoms with Crippen LogP contribution in [0.3, 0.4) is 0 Å². The van der Waals surface area contributed by atoms with Gasteiger partial charge in [-0.3, -0.25) is 9.69 Å². The van der Waals surface area contributed by atoms with Crippen molar-refractivity contribution in [3.05, 3.63) is 70.2 Å². The van der Waals surface area contributed by atoms with Crippen LogP contribution in [0.5, 0.6) is 5.75 Å². The van der Waals surface area contributed by atoms with Crippen molar-refractivity contribution in [1.82, 2.24) is 4.98 Å². The van der Waals surface area contributed by atoms with E-state index in [1.807, 2.05) is 37.4 Å². The maximum absolute atomic E-state index is 12.3. The Morgan fingerprint density at radius 2 is 1.83 bits per heavy atom. The first-order valence-corrected chi connectivity index (χ1v) is 9.91. The third-order valence-corrected chi connectivity index (χ3v) is 5.40. The van der Waals surface area contributed by atoms with Gasteiger partial charge in [-0.1, -0.05) is 12.1 Å². The van der Waals surface area contributed by atoms with Crippen LogP contribution in [0.15, 0.2) is 47.8 Å². The number of carbonyl (C=O) groups is 2. The minimum atomic E-state index is -0.392. The highest BCUT2D eigenvalue weighted by molar-refractivity contribution is 7.14. The molecule has 6 nitrogen and oxygen atoms in total. The molecule has 0 saturated carbocycles. The third-order valence-electron chi connectivity index (χ3n) is 4.52. The lowest BCUT2D eigenvalue weighted by Gasteiger charge is -2.21. The summed E-state index contributed by atoms with van der Waals surface area (Å²) in [6.45, 7) is 5.80. The average Bonchev–Trinajstić information content (AvgIpc) is 3.18. The van der Waals surface area contributed by atoms with Crippen LogP contribution in [0.2, 0.25) is 0 Å². The molecule has 0 aliphatic carbocycles. The molecular formula is C22H22N2O4S. The van der Waals surface area contributed by atoms with E-state index in [1.165, 1.54) is 25.4 Å². The van der Waals surface area contributed by atoms with E-state index < -0.39 is 5.97 Å². The van der Waals surface area contributed by atoms with Gasteiger partial charge in [0.2, 0.25) is 5.91 Å². The molecule has 0 atom stereocenters. The Labute approximate surface area is 173 Å². The van der Waals surface area contributed by atoms with Gasteiger partial charge in [-0.05, 0) is 55.3 Å². The Balaban J connectivity index is 1.74. The molecule has 3 aromatic rings. The van der Waals surface area contributed by atoms with E-state index in [0.717, 1.165) is 22.5 Å². The summed E-state index contributed by atoms with van der Waals surface area (Å²) in [5.41, 5.74) is 4.17. The van der Waals surface area contributed by atoms with E-state index >= 15 is 0 Å². The third kappa shape index (κ3) is 4.63. The quantitative estimate of drug-likeness (QED) is 0.546. The zero-order valence-electron chi connectivity index (χ0n) is 16.8. The molecule has 1 amide bonds. The second kappa shape index (κ2) is 8.87. The number of aromatic nitrogens is 1. The van der Waals surface area contributed by atoms with Crippen molar-refractivity contribution < 1.29 is 19.1 Å². The average molecular weight is 410 g/mol. The fraction of sp³-hybridized carbons (Fsp3) is 0.227. The molecule has 1 heterocycles. The van der Waals surface area contributed by atoms with Crippen LogP contribution in [0.1, 0.15) is 34.1 Å². The second-order valence-corrected chi connectivity index (χ2v) is 7.34. The summed E-state index contributed by atoms with van der Waals surface area (Å²) in [7, 11) is 1.34. The van der Waals surface area contributed by atoms with Gasteiger partial charge in [-0.25, -0.2) is 9.78 Å². The van der Waals surface area contributed by atoms with E-state index in [9.17, 15) is 9.59 Å². The fourth-order valence-electron chi connectivity index (χ4n) is 2.81. The molecule has 0 spiro atoms. The molecule has 0 radical (unpaired) electrons. The Bertz CT molecular complexity index is 1030. The van der Waals surface area contributed by atoms with Gasteiger partial charge < -0.3 is 9.47 Å². The zero-order valence-corrected chi connectivity index (χ0v) is 17.6. The van der Waals surface area contributed by atoms with Crippen molar-refractivity contribution in [2.24, 2.45) is 0 Å². The zero-order chi connectivity index (χ0) is 21.0. The van der Waals surface area contributed by atoms with Gasteiger partial charge in [-0.2, -0.15) is 0 Å². The summed E-state index contributed by atoms with van der Waals surface area (Å²) in [5, 5.41) is 2.48. The van der Waals surface area contributed by atoms with Crippen LogP contribution in [0.4, 0.5) is 10.8 Å². The van der Waals surface area contributed by atoms with Crippen LogP contribution >= 0.6 is 11.3 Å². The lowest BCUT2D eigenvalue weighted by molar-refractivity contribution is -0.115. The molecule has 0 N–H and O–H groups in total. The van der Waals surface area contributed by atoms with Crippen molar-refractivity contribution >= 4 is 34.0 Å². The molecule has 0 fully saturated rings. The van der Waals surface area contributed by atoms with E-state index in [-0.39, 0.29) is 12.5 Å². The number of esters is 1. The van der Waals surface area contributed by atoms with Crippen LogP contribution in [-0.2, 0) is 16.1 Å². The van der Waals surface area contributed by atoms with Crippen LogP contribution < -0.4 is 9.64 Å². The summed E-state index contributed by atoms with van der Waals surface area (Å²) >= 11 is 1.39. The van der Waals surface area contributed by atoms with E-state index in [0.29, 0.717) is 16.4 Å². The van der Waals surface area contributed by atoms with Crippen LogP contribution in [-0.4, -0.2) is 24.0 Å². The minimum Gasteiger partial charge on any atom is -0.487 e. The summed E-state index contributed by atoms with van der Waals surface area (Å²) in [6, 6.07) is 12.6. The number of methoxy groups -OCH3 is 1. The van der Waals surface area contributed by atoms with Crippen molar-refractivity contribution in [3.8, 4) is 5.75 Å². The van der Waals surface area contributed by atoms with Gasteiger partial charge in [0.05, 0.1) is 24.1 Å².